The molecular formula is C25H35N7O6S. The second kappa shape index (κ2) is 16.1. The molecule has 1 aromatic heterocycles. The molecule has 0 radical (unpaired) electrons. The zero-order valence-electron chi connectivity index (χ0n) is 21.6. The van der Waals surface area contributed by atoms with E-state index in [-0.39, 0.29) is 32.1 Å². The van der Waals surface area contributed by atoms with Crippen LogP contribution in [0.2, 0.25) is 0 Å². The number of H-pyrrole nitrogens is 1. The smallest absolute Gasteiger partial charge is 0.326 e. The summed E-state index contributed by atoms with van der Waals surface area (Å²) in [6, 6.07) is 4.50. The Balaban J connectivity index is 2.17. The Morgan fingerprint density at radius 1 is 0.949 bits per heavy atom. The predicted molar refractivity (Wildman–Crippen MR) is 145 cm³/mol. The van der Waals surface area contributed by atoms with Crippen LogP contribution in [0.15, 0.2) is 42.9 Å². The van der Waals surface area contributed by atoms with Gasteiger partial charge in [0, 0.05) is 24.7 Å². The van der Waals surface area contributed by atoms with Crippen molar-refractivity contribution in [2.75, 3.05) is 12.0 Å². The SMILES string of the molecule is CSCCC(NC(=O)C(Cc1cnc[nH]1)NC(=O)C(CCC(N)=O)NC(=O)C(N)Cc1ccccc1)C(=O)O. The number of carboxylic acids is 1. The molecule has 0 fully saturated rings. The first-order valence-electron chi connectivity index (χ1n) is 12.3. The number of aromatic nitrogens is 2. The lowest BCUT2D eigenvalue weighted by atomic mass is 10.0. The van der Waals surface area contributed by atoms with E-state index in [0.717, 1.165) is 5.56 Å². The third-order valence-electron chi connectivity index (χ3n) is 5.78. The third kappa shape index (κ3) is 11.2. The number of carbonyl (C=O) groups excluding carboxylic acids is 4. The molecule has 0 saturated heterocycles. The molecule has 13 nitrogen and oxygen atoms in total. The first kappa shape index (κ1) is 31.3. The number of carboxylic acid groups (broad SMARTS) is 1. The van der Waals surface area contributed by atoms with Crippen LogP contribution in [0.4, 0.5) is 0 Å². The van der Waals surface area contributed by atoms with Crippen LogP contribution in [0.3, 0.4) is 0 Å². The van der Waals surface area contributed by atoms with Gasteiger partial charge in [0.05, 0.1) is 12.4 Å². The molecule has 0 spiro atoms. The van der Waals surface area contributed by atoms with E-state index in [1.54, 1.807) is 0 Å². The van der Waals surface area contributed by atoms with Gasteiger partial charge in [-0.3, -0.25) is 19.2 Å². The fourth-order valence-electron chi connectivity index (χ4n) is 3.66. The van der Waals surface area contributed by atoms with Gasteiger partial charge in [-0.25, -0.2) is 9.78 Å². The number of benzene rings is 1. The number of nitrogens with two attached hydrogens (primary N) is 2. The van der Waals surface area contributed by atoms with E-state index >= 15 is 0 Å². The number of carbonyl (C=O) groups is 5. The van der Waals surface area contributed by atoms with Crippen molar-refractivity contribution >= 4 is 41.4 Å². The monoisotopic (exact) mass is 561 g/mol. The summed E-state index contributed by atoms with van der Waals surface area (Å²) in [5, 5.41) is 17.1. The van der Waals surface area contributed by atoms with Crippen molar-refractivity contribution in [3.63, 3.8) is 0 Å². The molecule has 14 heteroatoms. The molecule has 212 valence electrons. The predicted octanol–water partition coefficient (Wildman–Crippen LogP) is -0.920. The fraction of sp³-hybridized carbons (Fsp3) is 0.440. The van der Waals surface area contributed by atoms with Gasteiger partial charge in [0.1, 0.15) is 18.1 Å². The molecule has 1 heterocycles. The molecule has 0 saturated carbocycles. The van der Waals surface area contributed by atoms with Crippen molar-refractivity contribution in [3.8, 4) is 0 Å². The lowest BCUT2D eigenvalue weighted by molar-refractivity contribution is -0.142. The summed E-state index contributed by atoms with van der Waals surface area (Å²) >= 11 is 1.43. The first-order chi connectivity index (χ1) is 18.6. The van der Waals surface area contributed by atoms with E-state index in [1.165, 1.54) is 24.3 Å². The zero-order valence-corrected chi connectivity index (χ0v) is 22.4. The molecule has 4 amide bonds. The zero-order chi connectivity index (χ0) is 28.8. The van der Waals surface area contributed by atoms with Gasteiger partial charge in [0.2, 0.25) is 23.6 Å². The molecule has 4 unspecified atom stereocenters. The molecule has 2 aromatic rings. The second-order valence-electron chi connectivity index (χ2n) is 8.89. The summed E-state index contributed by atoms with van der Waals surface area (Å²) in [6.45, 7) is 0. The van der Waals surface area contributed by atoms with Crippen molar-refractivity contribution < 1.29 is 29.1 Å². The molecule has 9 N–H and O–H groups in total. The van der Waals surface area contributed by atoms with Crippen LogP contribution < -0.4 is 27.4 Å². The van der Waals surface area contributed by atoms with Crippen molar-refractivity contribution in [1.29, 1.82) is 0 Å². The van der Waals surface area contributed by atoms with E-state index < -0.39 is 53.8 Å². The van der Waals surface area contributed by atoms with Crippen molar-refractivity contribution in [1.82, 2.24) is 25.9 Å². The van der Waals surface area contributed by atoms with Crippen molar-refractivity contribution in [2.24, 2.45) is 11.5 Å². The van der Waals surface area contributed by atoms with Crippen LogP contribution in [0.1, 0.15) is 30.5 Å². The minimum Gasteiger partial charge on any atom is -0.480 e. The van der Waals surface area contributed by atoms with E-state index in [2.05, 4.69) is 25.9 Å². The number of imidazole rings is 1. The molecule has 0 aliphatic heterocycles. The van der Waals surface area contributed by atoms with Gasteiger partial charge in [-0.15, -0.1) is 0 Å². The van der Waals surface area contributed by atoms with E-state index in [1.807, 2.05) is 36.6 Å². The van der Waals surface area contributed by atoms with Gasteiger partial charge in [0.15, 0.2) is 0 Å². The Bertz CT molecular complexity index is 1100. The summed E-state index contributed by atoms with van der Waals surface area (Å²) < 4.78 is 0. The van der Waals surface area contributed by atoms with E-state index in [4.69, 9.17) is 11.5 Å². The molecule has 4 atom stereocenters. The Kier molecular flexibility index (Phi) is 13.0. The summed E-state index contributed by atoms with van der Waals surface area (Å²) in [7, 11) is 0. The molecule has 0 bridgehead atoms. The van der Waals surface area contributed by atoms with Crippen LogP contribution in [-0.2, 0) is 36.8 Å². The highest BCUT2D eigenvalue weighted by atomic mass is 32.2. The number of nitrogens with one attached hydrogen (secondary N) is 4. The maximum absolute atomic E-state index is 13.3. The van der Waals surface area contributed by atoms with Crippen molar-refractivity contribution in [3.05, 3.63) is 54.1 Å². The number of nitrogens with zero attached hydrogens (tertiary/aromatic N) is 1. The Labute approximate surface area is 230 Å². The van der Waals surface area contributed by atoms with Gasteiger partial charge in [-0.1, -0.05) is 30.3 Å². The second-order valence-corrected chi connectivity index (χ2v) is 9.87. The maximum Gasteiger partial charge on any atom is 0.326 e. The third-order valence-corrected chi connectivity index (χ3v) is 6.43. The largest absolute Gasteiger partial charge is 0.480 e. The fourth-order valence-corrected chi connectivity index (χ4v) is 4.13. The molecular weight excluding hydrogens is 526 g/mol. The lowest BCUT2D eigenvalue weighted by Crippen LogP contribution is -2.58. The Hall–Kier alpha value is -3.91. The van der Waals surface area contributed by atoms with Crippen LogP contribution >= 0.6 is 11.8 Å². The topological polar surface area (TPSA) is 222 Å². The maximum atomic E-state index is 13.3. The Morgan fingerprint density at radius 3 is 2.18 bits per heavy atom. The number of hydrogen-bond donors (Lipinski definition) is 7. The number of aromatic amines is 1. The van der Waals surface area contributed by atoms with E-state index in [9.17, 15) is 29.1 Å². The molecule has 0 aliphatic rings. The van der Waals surface area contributed by atoms with Crippen molar-refractivity contribution in [2.45, 2.75) is 56.3 Å². The minimum absolute atomic E-state index is 0.0313. The average molecular weight is 562 g/mol. The number of primary amides is 1. The number of aliphatic carboxylic acids is 1. The number of thioether (sulfide) groups is 1. The highest BCUT2D eigenvalue weighted by Crippen LogP contribution is 2.07. The van der Waals surface area contributed by atoms with Gasteiger partial charge < -0.3 is 37.5 Å². The van der Waals surface area contributed by atoms with Crippen LogP contribution in [0.25, 0.3) is 0 Å². The van der Waals surface area contributed by atoms with E-state index in [0.29, 0.717) is 11.4 Å². The van der Waals surface area contributed by atoms with Gasteiger partial charge in [-0.2, -0.15) is 11.8 Å². The summed E-state index contributed by atoms with van der Waals surface area (Å²) in [5.74, 6) is -3.50. The van der Waals surface area contributed by atoms with Crippen LogP contribution in [0, 0.1) is 0 Å². The standard InChI is InChI=1S/C25H35N7O6S/c1-39-10-9-19(25(37)38)31-24(36)20(12-16-13-28-14-29-16)32-23(35)18(7-8-21(27)33)30-22(34)17(26)11-15-5-3-2-4-6-15/h2-6,13-14,17-20H,7-12,26H2,1H3,(H2,27,33)(H,28,29)(H,30,34)(H,31,36)(H,32,35)(H,37,38). The number of hydrogen-bond acceptors (Lipinski definition) is 8. The minimum atomic E-state index is -1.23. The first-order valence-corrected chi connectivity index (χ1v) is 13.7. The Morgan fingerprint density at radius 2 is 1.59 bits per heavy atom. The number of amides is 4. The quantitative estimate of drug-likeness (QED) is 0.127. The highest BCUT2D eigenvalue weighted by Gasteiger charge is 2.31. The van der Waals surface area contributed by atoms with Gasteiger partial charge >= 0.3 is 5.97 Å². The summed E-state index contributed by atoms with van der Waals surface area (Å²) in [5.41, 5.74) is 12.6. The van der Waals surface area contributed by atoms with Crippen LogP contribution in [0.5, 0.6) is 0 Å². The summed E-state index contributed by atoms with van der Waals surface area (Å²) in [4.78, 5) is 69.0. The number of rotatable bonds is 17. The lowest BCUT2D eigenvalue weighted by Gasteiger charge is -2.25. The average Bonchev–Trinajstić information content (AvgIpc) is 3.41. The van der Waals surface area contributed by atoms with Gasteiger partial charge in [0.25, 0.3) is 0 Å². The summed E-state index contributed by atoms with van der Waals surface area (Å²) in [6.07, 6.45) is 4.70. The molecule has 2 rings (SSSR count). The van der Waals surface area contributed by atoms with Crippen LogP contribution in [-0.4, -0.2) is 80.8 Å². The molecule has 39 heavy (non-hydrogen) atoms. The van der Waals surface area contributed by atoms with Gasteiger partial charge in [-0.05, 0) is 36.8 Å². The normalized spacial score (nSPS) is 13.9. The highest BCUT2D eigenvalue weighted by molar-refractivity contribution is 7.98. The molecule has 0 aliphatic carbocycles. The molecule has 1 aromatic carbocycles.